The van der Waals surface area contributed by atoms with Crippen LogP contribution in [0, 0.1) is 11.6 Å². The molecule has 3 amide bonds. The molecule has 1 aliphatic heterocycles. The van der Waals surface area contributed by atoms with Gasteiger partial charge in [0.25, 0.3) is 11.8 Å². The van der Waals surface area contributed by atoms with Crippen LogP contribution < -0.4 is 4.90 Å². The van der Waals surface area contributed by atoms with Crippen LogP contribution in [0.3, 0.4) is 0 Å². The highest BCUT2D eigenvalue weighted by molar-refractivity contribution is 6.23. The molecular weight excluding hydrogens is 394 g/mol. The number of benzene rings is 2. The summed E-state index contributed by atoms with van der Waals surface area (Å²) in [4.78, 5) is 41.0. The maximum absolute atomic E-state index is 13.3. The van der Waals surface area contributed by atoms with Gasteiger partial charge in [0.15, 0.2) is 0 Å². The molecule has 1 aromatic heterocycles. The number of halogens is 2. The number of rotatable bonds is 5. The molecule has 1 saturated heterocycles. The Morgan fingerprint density at radius 2 is 1.63 bits per heavy atom. The van der Waals surface area contributed by atoms with E-state index in [-0.39, 0.29) is 24.2 Å². The van der Waals surface area contributed by atoms with Gasteiger partial charge in [0, 0.05) is 5.56 Å². The van der Waals surface area contributed by atoms with Gasteiger partial charge in [-0.2, -0.15) is 0 Å². The maximum atomic E-state index is 13.3. The van der Waals surface area contributed by atoms with Crippen molar-refractivity contribution in [3.8, 4) is 0 Å². The summed E-state index contributed by atoms with van der Waals surface area (Å²) < 4.78 is 31.8. The van der Waals surface area contributed by atoms with Crippen molar-refractivity contribution in [3.63, 3.8) is 0 Å². The van der Waals surface area contributed by atoms with E-state index < -0.39 is 35.4 Å². The van der Waals surface area contributed by atoms with Crippen LogP contribution in [0.15, 0.2) is 71.3 Å². The van der Waals surface area contributed by atoms with Crippen molar-refractivity contribution in [2.75, 3.05) is 4.90 Å². The molecule has 1 atom stereocenters. The van der Waals surface area contributed by atoms with E-state index in [1.54, 1.807) is 12.1 Å². The molecule has 3 aromatic rings. The number of imide groups is 1. The van der Waals surface area contributed by atoms with E-state index in [2.05, 4.69) is 0 Å². The van der Waals surface area contributed by atoms with Crippen molar-refractivity contribution in [1.82, 2.24) is 4.90 Å². The van der Waals surface area contributed by atoms with Gasteiger partial charge in [-0.15, -0.1) is 0 Å². The van der Waals surface area contributed by atoms with Gasteiger partial charge in [0.1, 0.15) is 23.4 Å². The van der Waals surface area contributed by atoms with Gasteiger partial charge in [0.05, 0.1) is 24.9 Å². The molecule has 6 nitrogen and oxygen atoms in total. The van der Waals surface area contributed by atoms with Crippen molar-refractivity contribution in [1.29, 1.82) is 0 Å². The minimum Gasteiger partial charge on any atom is -0.467 e. The molecule has 1 unspecified atom stereocenters. The summed E-state index contributed by atoms with van der Waals surface area (Å²) in [7, 11) is 0. The number of hydrogen-bond donors (Lipinski definition) is 0. The van der Waals surface area contributed by atoms with Crippen molar-refractivity contribution in [2.24, 2.45) is 0 Å². The van der Waals surface area contributed by atoms with Crippen LogP contribution in [0.25, 0.3) is 0 Å². The molecule has 1 aliphatic rings. The van der Waals surface area contributed by atoms with Crippen LogP contribution in [0.4, 0.5) is 14.5 Å². The van der Waals surface area contributed by atoms with Crippen LogP contribution >= 0.6 is 0 Å². The maximum Gasteiger partial charge on any atom is 0.257 e. The topological polar surface area (TPSA) is 70.8 Å². The standard InChI is InChI=1S/C22H16F2N2O4/c23-15-5-3-14(4-6-15)21(28)25(13-18-2-1-11-30-18)19-12-20(27)26(22(19)29)17-9-7-16(24)8-10-17/h1-11,19H,12-13H2. The highest BCUT2D eigenvalue weighted by Gasteiger charge is 2.44. The first-order valence-corrected chi connectivity index (χ1v) is 9.15. The van der Waals surface area contributed by atoms with Crippen LogP contribution in [0.5, 0.6) is 0 Å². The molecule has 1 fully saturated rings. The van der Waals surface area contributed by atoms with E-state index in [1.807, 2.05) is 0 Å². The first kappa shape index (κ1) is 19.5. The molecule has 8 heteroatoms. The minimum absolute atomic E-state index is 0.0514. The van der Waals surface area contributed by atoms with E-state index in [4.69, 9.17) is 4.42 Å². The number of carbonyl (C=O) groups is 3. The van der Waals surface area contributed by atoms with Crippen molar-refractivity contribution in [3.05, 3.63) is 89.9 Å². The minimum atomic E-state index is -1.08. The van der Waals surface area contributed by atoms with E-state index in [0.717, 1.165) is 29.2 Å². The molecule has 0 bridgehead atoms. The largest absolute Gasteiger partial charge is 0.467 e. The summed E-state index contributed by atoms with van der Waals surface area (Å²) in [5.74, 6) is -2.23. The summed E-state index contributed by atoms with van der Waals surface area (Å²) in [6.07, 6.45) is 1.20. The molecule has 0 saturated carbocycles. The summed E-state index contributed by atoms with van der Waals surface area (Å²) in [5, 5.41) is 0. The van der Waals surface area contributed by atoms with E-state index in [9.17, 15) is 23.2 Å². The third-order valence-electron chi connectivity index (χ3n) is 4.84. The van der Waals surface area contributed by atoms with Crippen LogP contribution in [0.2, 0.25) is 0 Å². The zero-order valence-corrected chi connectivity index (χ0v) is 15.6. The van der Waals surface area contributed by atoms with Gasteiger partial charge in [0.2, 0.25) is 5.91 Å². The average molecular weight is 410 g/mol. The molecule has 0 N–H and O–H groups in total. The Hall–Kier alpha value is -3.81. The molecule has 2 heterocycles. The molecule has 0 aliphatic carbocycles. The Morgan fingerprint density at radius 3 is 2.23 bits per heavy atom. The lowest BCUT2D eigenvalue weighted by molar-refractivity contribution is -0.122. The Bertz CT molecular complexity index is 1080. The van der Waals surface area contributed by atoms with Crippen molar-refractivity contribution in [2.45, 2.75) is 19.0 Å². The smallest absolute Gasteiger partial charge is 0.257 e. The number of amides is 3. The SMILES string of the molecule is O=C1CC(N(Cc2ccco2)C(=O)c2ccc(F)cc2)C(=O)N1c1ccc(F)cc1. The summed E-state index contributed by atoms with van der Waals surface area (Å²) in [5.41, 5.74) is 0.393. The first-order chi connectivity index (χ1) is 14.4. The lowest BCUT2D eigenvalue weighted by Gasteiger charge is -2.27. The fraction of sp³-hybridized carbons (Fsp3) is 0.136. The van der Waals surface area contributed by atoms with E-state index in [0.29, 0.717) is 5.76 Å². The predicted octanol–water partition coefficient (Wildman–Crippen LogP) is 3.53. The lowest BCUT2D eigenvalue weighted by atomic mass is 10.1. The quantitative estimate of drug-likeness (QED) is 0.604. The third-order valence-corrected chi connectivity index (χ3v) is 4.84. The lowest BCUT2D eigenvalue weighted by Crippen LogP contribution is -2.45. The van der Waals surface area contributed by atoms with E-state index >= 15 is 0 Å². The second-order valence-corrected chi connectivity index (χ2v) is 6.78. The summed E-state index contributed by atoms with van der Waals surface area (Å²) in [6.45, 7) is -0.0514. The second kappa shape index (κ2) is 7.90. The van der Waals surface area contributed by atoms with Gasteiger partial charge in [-0.05, 0) is 60.7 Å². The zero-order chi connectivity index (χ0) is 21.3. The number of carbonyl (C=O) groups excluding carboxylic acids is 3. The highest BCUT2D eigenvalue weighted by atomic mass is 19.1. The summed E-state index contributed by atoms with van der Waals surface area (Å²) >= 11 is 0. The van der Waals surface area contributed by atoms with Crippen LogP contribution in [0.1, 0.15) is 22.5 Å². The van der Waals surface area contributed by atoms with Gasteiger partial charge in [-0.1, -0.05) is 0 Å². The van der Waals surface area contributed by atoms with Crippen LogP contribution in [-0.2, 0) is 16.1 Å². The molecular formula is C22H16F2N2O4. The molecule has 152 valence electrons. The Balaban J connectivity index is 1.67. The fourth-order valence-electron chi connectivity index (χ4n) is 3.37. The molecule has 0 radical (unpaired) electrons. The van der Waals surface area contributed by atoms with Crippen molar-refractivity contribution >= 4 is 23.4 Å². The molecule has 2 aromatic carbocycles. The molecule has 30 heavy (non-hydrogen) atoms. The van der Waals surface area contributed by atoms with Crippen LogP contribution in [-0.4, -0.2) is 28.7 Å². The highest BCUT2D eigenvalue weighted by Crippen LogP contribution is 2.28. The first-order valence-electron chi connectivity index (χ1n) is 9.15. The third kappa shape index (κ3) is 3.71. The Kier molecular flexibility index (Phi) is 5.14. The number of anilines is 1. The van der Waals surface area contributed by atoms with Gasteiger partial charge in [-0.3, -0.25) is 14.4 Å². The average Bonchev–Trinajstić information content (AvgIpc) is 3.35. The number of hydrogen-bond acceptors (Lipinski definition) is 4. The fourth-order valence-corrected chi connectivity index (χ4v) is 3.37. The normalized spacial score (nSPS) is 16.2. The zero-order valence-electron chi connectivity index (χ0n) is 15.6. The van der Waals surface area contributed by atoms with Gasteiger partial charge < -0.3 is 9.32 Å². The van der Waals surface area contributed by atoms with E-state index in [1.165, 1.54) is 35.4 Å². The predicted molar refractivity (Wildman–Crippen MR) is 102 cm³/mol. The van der Waals surface area contributed by atoms with Gasteiger partial charge in [-0.25, -0.2) is 13.7 Å². The Labute approximate surface area is 170 Å². The number of furan rings is 1. The molecule has 4 rings (SSSR count). The Morgan fingerprint density at radius 1 is 1.00 bits per heavy atom. The second-order valence-electron chi connectivity index (χ2n) is 6.78. The number of nitrogens with zero attached hydrogens (tertiary/aromatic N) is 2. The molecule has 0 spiro atoms. The van der Waals surface area contributed by atoms with Crippen molar-refractivity contribution < 1.29 is 27.6 Å². The monoisotopic (exact) mass is 410 g/mol. The summed E-state index contributed by atoms with van der Waals surface area (Å²) in [6, 6.07) is 12.1. The van der Waals surface area contributed by atoms with Gasteiger partial charge >= 0.3 is 0 Å².